The fraction of sp³-hybridized carbons (Fsp3) is 0.579. The summed E-state index contributed by atoms with van der Waals surface area (Å²) in [6.07, 6.45) is 5.16. The van der Waals surface area contributed by atoms with Gasteiger partial charge in [0, 0.05) is 31.1 Å². The highest BCUT2D eigenvalue weighted by atomic mass is 19.1. The summed E-state index contributed by atoms with van der Waals surface area (Å²) in [7, 11) is 0. The molecule has 0 N–H and O–H groups in total. The average Bonchev–Trinajstić information content (AvgIpc) is 2.64. The molecule has 1 amide bonds. The first-order chi connectivity index (χ1) is 11.7. The van der Waals surface area contributed by atoms with Gasteiger partial charge in [-0.3, -0.25) is 9.69 Å². The van der Waals surface area contributed by atoms with Crippen molar-refractivity contribution in [2.75, 3.05) is 26.2 Å². The lowest BCUT2D eigenvalue weighted by Gasteiger charge is -2.35. The molecule has 0 saturated carbocycles. The van der Waals surface area contributed by atoms with Crippen LogP contribution >= 0.6 is 0 Å². The molecular formula is C19H24FN3O. The van der Waals surface area contributed by atoms with Crippen LogP contribution in [0.2, 0.25) is 0 Å². The first-order valence-corrected chi connectivity index (χ1v) is 8.87. The Hall–Kier alpha value is -1.93. The molecule has 2 fully saturated rings. The third-order valence-corrected chi connectivity index (χ3v) is 5.17. The lowest BCUT2D eigenvalue weighted by Crippen LogP contribution is -2.44. The predicted molar refractivity (Wildman–Crippen MR) is 89.5 cm³/mol. The number of hydrogen-bond acceptors (Lipinski definition) is 3. The molecule has 5 heteroatoms. The van der Waals surface area contributed by atoms with Gasteiger partial charge in [0.2, 0.25) is 5.91 Å². The van der Waals surface area contributed by atoms with Gasteiger partial charge in [0.05, 0.1) is 11.6 Å². The zero-order valence-corrected chi connectivity index (χ0v) is 14.0. The van der Waals surface area contributed by atoms with Crippen molar-refractivity contribution >= 4 is 5.91 Å². The van der Waals surface area contributed by atoms with Crippen molar-refractivity contribution < 1.29 is 9.18 Å². The monoisotopic (exact) mass is 329 g/mol. The zero-order chi connectivity index (χ0) is 16.9. The molecule has 0 aromatic heterocycles. The van der Waals surface area contributed by atoms with E-state index < -0.39 is 0 Å². The van der Waals surface area contributed by atoms with E-state index in [4.69, 9.17) is 5.26 Å². The van der Waals surface area contributed by atoms with E-state index in [2.05, 4.69) is 11.0 Å². The van der Waals surface area contributed by atoms with E-state index >= 15 is 0 Å². The van der Waals surface area contributed by atoms with Crippen LogP contribution in [-0.4, -0.2) is 41.9 Å². The molecule has 1 aromatic rings. The minimum Gasteiger partial charge on any atom is -0.342 e. The number of halogens is 1. The van der Waals surface area contributed by atoms with Crippen LogP contribution in [0.4, 0.5) is 4.39 Å². The van der Waals surface area contributed by atoms with Crippen LogP contribution in [-0.2, 0) is 11.3 Å². The van der Waals surface area contributed by atoms with E-state index in [0.717, 1.165) is 51.9 Å². The molecular weight excluding hydrogens is 305 g/mol. The van der Waals surface area contributed by atoms with Gasteiger partial charge in [-0.05, 0) is 63.4 Å². The number of piperidine rings is 2. The lowest BCUT2D eigenvalue weighted by molar-refractivity contribution is -0.138. The summed E-state index contributed by atoms with van der Waals surface area (Å²) < 4.78 is 13.9. The van der Waals surface area contributed by atoms with E-state index in [0.29, 0.717) is 23.6 Å². The Balaban J connectivity index is 1.54. The molecule has 128 valence electrons. The van der Waals surface area contributed by atoms with E-state index in [9.17, 15) is 9.18 Å². The average molecular weight is 329 g/mol. The van der Waals surface area contributed by atoms with Crippen LogP contribution in [0.5, 0.6) is 0 Å². The molecule has 2 heterocycles. The van der Waals surface area contributed by atoms with Crippen LogP contribution < -0.4 is 0 Å². The Morgan fingerprint density at radius 2 is 1.88 bits per heavy atom. The fourth-order valence-electron chi connectivity index (χ4n) is 3.72. The highest BCUT2D eigenvalue weighted by Crippen LogP contribution is 2.23. The van der Waals surface area contributed by atoms with Crippen molar-refractivity contribution in [1.82, 2.24) is 9.80 Å². The Labute approximate surface area is 142 Å². The number of benzene rings is 1. The standard InChI is InChI=1S/C19H24FN3O/c20-18-5-4-15(13-21)12-17(18)14-22-10-6-16(7-11-22)19(24)23-8-2-1-3-9-23/h4-5,12,16H,1-3,6-11,14H2. The van der Waals surface area contributed by atoms with Gasteiger partial charge in [-0.1, -0.05) is 0 Å². The van der Waals surface area contributed by atoms with Crippen LogP contribution in [0.3, 0.4) is 0 Å². The number of nitrogens with zero attached hydrogens (tertiary/aromatic N) is 3. The second-order valence-corrected chi connectivity index (χ2v) is 6.85. The topological polar surface area (TPSA) is 47.3 Å². The van der Waals surface area contributed by atoms with Crippen molar-refractivity contribution in [1.29, 1.82) is 5.26 Å². The Kier molecular flexibility index (Phi) is 5.47. The minimum absolute atomic E-state index is 0.120. The van der Waals surface area contributed by atoms with Crippen molar-refractivity contribution in [2.24, 2.45) is 5.92 Å². The van der Waals surface area contributed by atoms with Crippen molar-refractivity contribution in [3.63, 3.8) is 0 Å². The summed E-state index contributed by atoms with van der Waals surface area (Å²) in [6.45, 7) is 3.93. The van der Waals surface area contributed by atoms with E-state index in [1.807, 2.05) is 4.90 Å². The van der Waals surface area contributed by atoms with Gasteiger partial charge < -0.3 is 4.90 Å². The number of nitriles is 1. The number of amides is 1. The summed E-state index contributed by atoms with van der Waals surface area (Å²) in [4.78, 5) is 16.8. The van der Waals surface area contributed by atoms with Crippen LogP contribution in [0.25, 0.3) is 0 Å². The SMILES string of the molecule is N#Cc1ccc(F)c(CN2CCC(C(=O)N3CCCCC3)CC2)c1. The maximum Gasteiger partial charge on any atom is 0.225 e. The second-order valence-electron chi connectivity index (χ2n) is 6.85. The maximum absolute atomic E-state index is 13.9. The number of rotatable bonds is 3. The summed E-state index contributed by atoms with van der Waals surface area (Å²) in [6, 6.07) is 6.54. The summed E-state index contributed by atoms with van der Waals surface area (Å²) >= 11 is 0. The second kappa shape index (κ2) is 7.76. The molecule has 24 heavy (non-hydrogen) atoms. The normalized spacial score (nSPS) is 19.9. The van der Waals surface area contributed by atoms with E-state index in [1.54, 1.807) is 6.07 Å². The molecule has 3 rings (SSSR count). The first-order valence-electron chi connectivity index (χ1n) is 8.87. The Morgan fingerprint density at radius 3 is 2.54 bits per heavy atom. The zero-order valence-electron chi connectivity index (χ0n) is 14.0. The highest BCUT2D eigenvalue weighted by Gasteiger charge is 2.29. The van der Waals surface area contributed by atoms with Gasteiger partial charge in [0.1, 0.15) is 5.82 Å². The molecule has 0 atom stereocenters. The molecule has 2 saturated heterocycles. The molecule has 4 nitrogen and oxygen atoms in total. The third kappa shape index (κ3) is 3.93. The van der Waals surface area contributed by atoms with Gasteiger partial charge in [-0.15, -0.1) is 0 Å². The number of hydrogen-bond donors (Lipinski definition) is 0. The van der Waals surface area contributed by atoms with Crippen LogP contribution in [0, 0.1) is 23.1 Å². The van der Waals surface area contributed by atoms with Crippen molar-refractivity contribution in [2.45, 2.75) is 38.6 Å². The van der Waals surface area contributed by atoms with Gasteiger partial charge in [0.25, 0.3) is 0 Å². The molecule has 2 aliphatic rings. The molecule has 0 bridgehead atoms. The molecule has 0 spiro atoms. The largest absolute Gasteiger partial charge is 0.342 e. The fourth-order valence-corrected chi connectivity index (χ4v) is 3.72. The minimum atomic E-state index is -0.263. The van der Waals surface area contributed by atoms with E-state index in [-0.39, 0.29) is 11.7 Å². The number of carbonyl (C=O) groups excluding carboxylic acids is 1. The molecule has 0 radical (unpaired) electrons. The number of likely N-dealkylation sites (tertiary alicyclic amines) is 2. The van der Waals surface area contributed by atoms with Crippen LogP contribution in [0.15, 0.2) is 18.2 Å². The van der Waals surface area contributed by atoms with Crippen molar-refractivity contribution in [3.8, 4) is 6.07 Å². The summed E-state index contributed by atoms with van der Waals surface area (Å²) in [5.74, 6) is 0.169. The maximum atomic E-state index is 13.9. The highest BCUT2D eigenvalue weighted by molar-refractivity contribution is 5.79. The quantitative estimate of drug-likeness (QED) is 0.856. The van der Waals surface area contributed by atoms with Gasteiger partial charge in [-0.25, -0.2) is 4.39 Å². The number of carbonyl (C=O) groups is 1. The smallest absolute Gasteiger partial charge is 0.225 e. The molecule has 1 aromatic carbocycles. The summed E-state index contributed by atoms with van der Waals surface area (Å²) in [5, 5.41) is 8.95. The van der Waals surface area contributed by atoms with Gasteiger partial charge >= 0.3 is 0 Å². The Bertz CT molecular complexity index is 626. The summed E-state index contributed by atoms with van der Waals surface area (Å²) in [5.41, 5.74) is 1.05. The van der Waals surface area contributed by atoms with Crippen molar-refractivity contribution in [3.05, 3.63) is 35.1 Å². The predicted octanol–water partition coefficient (Wildman–Crippen LogP) is 2.92. The molecule has 2 aliphatic heterocycles. The first kappa shape index (κ1) is 16.9. The Morgan fingerprint density at radius 1 is 1.17 bits per heavy atom. The van der Waals surface area contributed by atoms with Gasteiger partial charge in [-0.2, -0.15) is 5.26 Å². The van der Waals surface area contributed by atoms with E-state index in [1.165, 1.54) is 18.6 Å². The molecule has 0 unspecified atom stereocenters. The van der Waals surface area contributed by atoms with Gasteiger partial charge in [0.15, 0.2) is 0 Å². The molecule has 0 aliphatic carbocycles. The lowest BCUT2D eigenvalue weighted by atomic mass is 9.94. The van der Waals surface area contributed by atoms with Crippen LogP contribution in [0.1, 0.15) is 43.2 Å². The third-order valence-electron chi connectivity index (χ3n) is 5.17.